The highest BCUT2D eigenvalue weighted by molar-refractivity contribution is 4.78. The van der Waals surface area contributed by atoms with Gasteiger partial charge in [0.15, 0.2) is 0 Å². The molecule has 66 valence electrons. The largest absolute Gasteiger partial charge is 0.327 e. The lowest BCUT2D eigenvalue weighted by molar-refractivity contribution is 0.297. The molecule has 1 fully saturated rings. The Kier molecular flexibility index (Phi) is 3.34. The SMILES string of the molecule is CC(C)CC1CNCC(N)C1. The summed E-state index contributed by atoms with van der Waals surface area (Å²) in [5.41, 5.74) is 5.84. The average Bonchev–Trinajstić information content (AvgIpc) is 1.85. The Morgan fingerprint density at radius 3 is 2.73 bits per heavy atom. The fourth-order valence-corrected chi connectivity index (χ4v) is 1.91. The Morgan fingerprint density at radius 2 is 2.18 bits per heavy atom. The topological polar surface area (TPSA) is 38.0 Å². The second kappa shape index (κ2) is 4.07. The van der Waals surface area contributed by atoms with Gasteiger partial charge in [-0.15, -0.1) is 0 Å². The molecule has 3 N–H and O–H groups in total. The molecule has 1 heterocycles. The molecule has 1 aliphatic rings. The van der Waals surface area contributed by atoms with Crippen molar-refractivity contribution in [1.29, 1.82) is 0 Å². The van der Waals surface area contributed by atoms with Crippen LogP contribution in [-0.4, -0.2) is 19.1 Å². The Labute approximate surface area is 69.5 Å². The van der Waals surface area contributed by atoms with Crippen molar-refractivity contribution in [1.82, 2.24) is 5.32 Å². The van der Waals surface area contributed by atoms with E-state index in [0.717, 1.165) is 18.4 Å². The molecule has 0 aromatic carbocycles. The van der Waals surface area contributed by atoms with Crippen LogP contribution in [0.1, 0.15) is 26.7 Å². The van der Waals surface area contributed by atoms with Gasteiger partial charge in [-0.1, -0.05) is 13.8 Å². The summed E-state index contributed by atoms with van der Waals surface area (Å²) >= 11 is 0. The zero-order valence-corrected chi connectivity index (χ0v) is 7.64. The van der Waals surface area contributed by atoms with Gasteiger partial charge in [0.1, 0.15) is 0 Å². The summed E-state index contributed by atoms with van der Waals surface area (Å²) in [7, 11) is 0. The van der Waals surface area contributed by atoms with E-state index in [9.17, 15) is 0 Å². The van der Waals surface area contributed by atoms with Crippen LogP contribution in [0.5, 0.6) is 0 Å². The lowest BCUT2D eigenvalue weighted by Crippen LogP contribution is -2.44. The minimum atomic E-state index is 0.396. The molecule has 0 radical (unpaired) electrons. The summed E-state index contributed by atoms with van der Waals surface area (Å²) in [5, 5.41) is 3.36. The molecule has 1 aliphatic heterocycles. The summed E-state index contributed by atoms with van der Waals surface area (Å²) in [4.78, 5) is 0. The monoisotopic (exact) mass is 156 g/mol. The fourth-order valence-electron chi connectivity index (χ4n) is 1.91. The van der Waals surface area contributed by atoms with Gasteiger partial charge in [0.05, 0.1) is 0 Å². The van der Waals surface area contributed by atoms with E-state index in [4.69, 9.17) is 5.73 Å². The van der Waals surface area contributed by atoms with E-state index in [1.165, 1.54) is 19.4 Å². The van der Waals surface area contributed by atoms with Gasteiger partial charge < -0.3 is 11.1 Å². The molecule has 0 spiro atoms. The quantitative estimate of drug-likeness (QED) is 0.625. The third kappa shape index (κ3) is 3.21. The molecule has 0 saturated carbocycles. The van der Waals surface area contributed by atoms with Crippen molar-refractivity contribution in [2.24, 2.45) is 17.6 Å². The molecule has 2 nitrogen and oxygen atoms in total. The second-order valence-electron chi connectivity index (χ2n) is 4.15. The van der Waals surface area contributed by atoms with Crippen molar-refractivity contribution in [2.45, 2.75) is 32.7 Å². The Bertz CT molecular complexity index is 110. The highest BCUT2D eigenvalue weighted by Crippen LogP contribution is 2.18. The van der Waals surface area contributed by atoms with Crippen molar-refractivity contribution >= 4 is 0 Å². The van der Waals surface area contributed by atoms with Gasteiger partial charge in [-0.3, -0.25) is 0 Å². The molecule has 0 amide bonds. The number of hydrogen-bond acceptors (Lipinski definition) is 2. The molecule has 0 aromatic rings. The minimum Gasteiger partial charge on any atom is -0.327 e. The van der Waals surface area contributed by atoms with Gasteiger partial charge in [0, 0.05) is 12.6 Å². The molecule has 2 unspecified atom stereocenters. The zero-order valence-electron chi connectivity index (χ0n) is 7.64. The molecule has 0 aliphatic carbocycles. The zero-order chi connectivity index (χ0) is 8.27. The van der Waals surface area contributed by atoms with Gasteiger partial charge in [-0.25, -0.2) is 0 Å². The van der Waals surface area contributed by atoms with Gasteiger partial charge in [-0.2, -0.15) is 0 Å². The van der Waals surface area contributed by atoms with Crippen molar-refractivity contribution < 1.29 is 0 Å². The average molecular weight is 156 g/mol. The minimum absolute atomic E-state index is 0.396. The van der Waals surface area contributed by atoms with Crippen LogP contribution in [0.25, 0.3) is 0 Å². The van der Waals surface area contributed by atoms with Crippen LogP contribution in [-0.2, 0) is 0 Å². The number of hydrogen-bond donors (Lipinski definition) is 2. The van der Waals surface area contributed by atoms with Gasteiger partial charge >= 0.3 is 0 Å². The van der Waals surface area contributed by atoms with E-state index in [-0.39, 0.29) is 0 Å². The first-order valence-electron chi connectivity index (χ1n) is 4.64. The Morgan fingerprint density at radius 1 is 1.45 bits per heavy atom. The van der Waals surface area contributed by atoms with Gasteiger partial charge in [0.25, 0.3) is 0 Å². The highest BCUT2D eigenvalue weighted by Gasteiger charge is 2.18. The molecule has 2 heteroatoms. The third-order valence-corrected chi connectivity index (χ3v) is 2.28. The summed E-state index contributed by atoms with van der Waals surface area (Å²) in [6, 6.07) is 0.396. The second-order valence-corrected chi connectivity index (χ2v) is 4.15. The normalized spacial score (nSPS) is 32.7. The molecule has 1 rings (SSSR count). The lowest BCUT2D eigenvalue weighted by Gasteiger charge is -2.28. The van der Waals surface area contributed by atoms with Crippen LogP contribution in [0.2, 0.25) is 0 Å². The summed E-state index contributed by atoms with van der Waals surface area (Å²) in [5.74, 6) is 1.63. The Hall–Kier alpha value is -0.0800. The van der Waals surface area contributed by atoms with Crippen molar-refractivity contribution in [3.63, 3.8) is 0 Å². The molecule has 11 heavy (non-hydrogen) atoms. The van der Waals surface area contributed by atoms with Crippen molar-refractivity contribution in [2.75, 3.05) is 13.1 Å². The summed E-state index contributed by atoms with van der Waals surface area (Å²) in [6.45, 7) is 6.74. The maximum Gasteiger partial charge on any atom is 0.0168 e. The van der Waals surface area contributed by atoms with Crippen molar-refractivity contribution in [3.05, 3.63) is 0 Å². The maximum absolute atomic E-state index is 5.84. The van der Waals surface area contributed by atoms with Crippen LogP contribution < -0.4 is 11.1 Å². The van der Waals surface area contributed by atoms with Crippen LogP contribution in [0.15, 0.2) is 0 Å². The molecular formula is C9H20N2. The van der Waals surface area contributed by atoms with Crippen molar-refractivity contribution in [3.8, 4) is 0 Å². The number of rotatable bonds is 2. The standard InChI is InChI=1S/C9H20N2/c1-7(2)3-8-4-9(10)6-11-5-8/h7-9,11H,3-6,10H2,1-2H3. The molecule has 2 atom stereocenters. The van der Waals surface area contributed by atoms with Crippen LogP contribution >= 0.6 is 0 Å². The Balaban J connectivity index is 2.23. The predicted octanol–water partition coefficient (Wildman–Crippen LogP) is 0.969. The summed E-state index contributed by atoms with van der Waals surface area (Å²) in [6.07, 6.45) is 2.53. The van der Waals surface area contributed by atoms with E-state index in [1.807, 2.05) is 0 Å². The third-order valence-electron chi connectivity index (χ3n) is 2.28. The van der Waals surface area contributed by atoms with Crippen LogP contribution in [0.3, 0.4) is 0 Å². The summed E-state index contributed by atoms with van der Waals surface area (Å²) < 4.78 is 0. The first-order valence-corrected chi connectivity index (χ1v) is 4.64. The fraction of sp³-hybridized carbons (Fsp3) is 1.00. The van der Waals surface area contributed by atoms with Crippen LogP contribution in [0.4, 0.5) is 0 Å². The first kappa shape index (κ1) is 9.01. The highest BCUT2D eigenvalue weighted by atomic mass is 14.9. The number of nitrogens with one attached hydrogen (secondary N) is 1. The first-order chi connectivity index (χ1) is 5.18. The van der Waals surface area contributed by atoms with Gasteiger partial charge in [0.2, 0.25) is 0 Å². The molecule has 0 bridgehead atoms. The lowest BCUT2D eigenvalue weighted by atomic mass is 9.89. The molecule has 0 aromatic heterocycles. The van der Waals surface area contributed by atoms with E-state index < -0.39 is 0 Å². The van der Waals surface area contributed by atoms with Gasteiger partial charge in [-0.05, 0) is 31.2 Å². The smallest absolute Gasteiger partial charge is 0.0168 e. The van der Waals surface area contributed by atoms with E-state index in [0.29, 0.717) is 6.04 Å². The van der Waals surface area contributed by atoms with Crippen LogP contribution in [0, 0.1) is 11.8 Å². The van der Waals surface area contributed by atoms with E-state index >= 15 is 0 Å². The maximum atomic E-state index is 5.84. The van der Waals surface area contributed by atoms with E-state index in [1.54, 1.807) is 0 Å². The van der Waals surface area contributed by atoms with E-state index in [2.05, 4.69) is 19.2 Å². The molecule has 1 saturated heterocycles. The number of piperidine rings is 1. The number of nitrogens with two attached hydrogens (primary N) is 1. The predicted molar refractivity (Wildman–Crippen MR) is 48.4 cm³/mol. The molecular weight excluding hydrogens is 136 g/mol.